The van der Waals surface area contributed by atoms with Gasteiger partial charge in [-0.3, -0.25) is 4.57 Å². The van der Waals surface area contributed by atoms with Crippen molar-refractivity contribution in [3.05, 3.63) is 78.0 Å². The van der Waals surface area contributed by atoms with E-state index < -0.39 is 0 Å². The van der Waals surface area contributed by atoms with Crippen LogP contribution < -0.4 is 10.2 Å². The molecule has 2 aromatic carbocycles. The summed E-state index contributed by atoms with van der Waals surface area (Å²) in [6.45, 7) is 12.0. The summed E-state index contributed by atoms with van der Waals surface area (Å²) in [5, 5.41) is 12.1. The fraction of sp³-hybridized carbons (Fsp3) is 0.208. The Balaban J connectivity index is 1.44. The van der Waals surface area contributed by atoms with Gasteiger partial charge in [-0.1, -0.05) is 24.3 Å². The number of rotatable bonds is 2. The molecule has 0 amide bonds. The van der Waals surface area contributed by atoms with Gasteiger partial charge in [-0.2, -0.15) is 0 Å². The molecule has 1 fully saturated rings. The Bertz CT molecular complexity index is 1300. The summed E-state index contributed by atoms with van der Waals surface area (Å²) in [6.07, 6.45) is 3.97. The van der Waals surface area contributed by atoms with Crippen molar-refractivity contribution in [3.8, 4) is 28.3 Å². The number of hydrogen-bond acceptors (Lipinski definition) is 4. The Morgan fingerprint density at radius 2 is 1.81 bits per heavy atom. The molecule has 31 heavy (non-hydrogen) atoms. The van der Waals surface area contributed by atoms with E-state index in [0.29, 0.717) is 5.69 Å². The Hall–Kier alpha value is -3.89. The number of benzene rings is 2. The van der Waals surface area contributed by atoms with Gasteiger partial charge in [-0.25, -0.2) is 4.85 Å². The van der Waals surface area contributed by atoms with E-state index in [2.05, 4.69) is 64.9 Å². The van der Waals surface area contributed by atoms with E-state index in [1.54, 1.807) is 6.33 Å². The van der Waals surface area contributed by atoms with Crippen molar-refractivity contribution in [2.75, 3.05) is 31.1 Å². The Kier molecular flexibility index (Phi) is 4.11. The molecular formula is C24H21N7. The highest BCUT2D eigenvalue weighted by Gasteiger charge is 2.23. The molecule has 7 nitrogen and oxygen atoms in total. The Labute approximate surface area is 180 Å². The molecule has 0 radical (unpaired) electrons. The third-order valence-corrected chi connectivity index (χ3v) is 6.15. The number of anilines is 1. The van der Waals surface area contributed by atoms with E-state index in [0.717, 1.165) is 61.1 Å². The summed E-state index contributed by atoms with van der Waals surface area (Å²) in [6, 6.07) is 16.6. The molecule has 152 valence electrons. The maximum absolute atomic E-state index is 7.17. The van der Waals surface area contributed by atoms with E-state index in [4.69, 9.17) is 6.57 Å². The highest BCUT2D eigenvalue weighted by molar-refractivity contribution is 5.73. The second-order valence-electron chi connectivity index (χ2n) is 7.98. The summed E-state index contributed by atoms with van der Waals surface area (Å²) < 4.78 is 4.34. The normalized spacial score (nSPS) is 14.9. The molecule has 0 aliphatic carbocycles. The highest BCUT2D eigenvalue weighted by atomic mass is 15.3. The molecule has 0 spiro atoms. The van der Waals surface area contributed by atoms with Crippen molar-refractivity contribution in [1.82, 2.24) is 24.6 Å². The molecule has 0 atom stereocenters. The molecule has 2 aromatic heterocycles. The second kappa shape index (κ2) is 7.11. The average Bonchev–Trinajstić information content (AvgIpc) is 3.45. The van der Waals surface area contributed by atoms with E-state index in [9.17, 15) is 0 Å². The molecule has 2 aliphatic heterocycles. The molecule has 1 saturated heterocycles. The first-order valence-electron chi connectivity index (χ1n) is 10.5. The van der Waals surface area contributed by atoms with Crippen LogP contribution in [0.1, 0.15) is 5.56 Å². The minimum Gasteiger partial charge on any atom is -0.369 e. The minimum atomic E-state index is 0.652. The maximum Gasteiger partial charge on any atom is 0.187 e. The van der Waals surface area contributed by atoms with Crippen molar-refractivity contribution >= 4 is 11.4 Å². The predicted molar refractivity (Wildman–Crippen MR) is 121 cm³/mol. The summed E-state index contributed by atoms with van der Waals surface area (Å²) in [5.74, 6) is 0.845. The van der Waals surface area contributed by atoms with Crippen molar-refractivity contribution in [3.63, 3.8) is 0 Å². The number of aromatic nitrogens is 4. The van der Waals surface area contributed by atoms with Gasteiger partial charge in [0.2, 0.25) is 0 Å². The van der Waals surface area contributed by atoms with Crippen LogP contribution in [0.15, 0.2) is 61.1 Å². The van der Waals surface area contributed by atoms with E-state index >= 15 is 0 Å². The van der Waals surface area contributed by atoms with Crippen LogP contribution in [0.4, 0.5) is 11.4 Å². The van der Waals surface area contributed by atoms with Gasteiger partial charge >= 0.3 is 0 Å². The van der Waals surface area contributed by atoms with Crippen molar-refractivity contribution in [2.24, 2.45) is 0 Å². The number of nitrogens with one attached hydrogen (secondary N) is 1. The predicted octanol–water partition coefficient (Wildman–Crippen LogP) is 3.72. The largest absolute Gasteiger partial charge is 0.369 e. The Morgan fingerprint density at radius 1 is 0.968 bits per heavy atom. The van der Waals surface area contributed by atoms with Crippen LogP contribution >= 0.6 is 0 Å². The van der Waals surface area contributed by atoms with Crippen LogP contribution in [-0.2, 0) is 6.54 Å². The summed E-state index contributed by atoms with van der Waals surface area (Å²) in [4.78, 5) is 5.93. The van der Waals surface area contributed by atoms with Crippen LogP contribution in [-0.4, -0.2) is 45.5 Å². The lowest BCUT2D eigenvalue weighted by Gasteiger charge is -2.30. The summed E-state index contributed by atoms with van der Waals surface area (Å²) in [7, 11) is 0. The summed E-state index contributed by atoms with van der Waals surface area (Å²) >= 11 is 0. The number of piperazine rings is 1. The number of nitrogens with zero attached hydrogens (tertiary/aromatic N) is 6. The lowest BCUT2D eigenvalue weighted by atomic mass is 10.1. The van der Waals surface area contributed by atoms with Gasteiger partial charge in [-0.15, -0.1) is 10.2 Å². The smallest absolute Gasteiger partial charge is 0.187 e. The topological polar surface area (TPSA) is 55.3 Å². The van der Waals surface area contributed by atoms with Gasteiger partial charge in [0.15, 0.2) is 11.5 Å². The van der Waals surface area contributed by atoms with E-state index in [1.165, 1.54) is 11.3 Å². The van der Waals surface area contributed by atoms with Gasteiger partial charge in [0, 0.05) is 50.2 Å². The molecular weight excluding hydrogens is 386 g/mol. The number of fused-ring (bicyclic) bond motifs is 5. The van der Waals surface area contributed by atoms with Gasteiger partial charge in [0.25, 0.3) is 0 Å². The van der Waals surface area contributed by atoms with Crippen LogP contribution in [0.25, 0.3) is 33.2 Å². The zero-order chi connectivity index (χ0) is 20.8. The lowest BCUT2D eigenvalue weighted by Crippen LogP contribution is -2.43. The van der Waals surface area contributed by atoms with Crippen LogP contribution in [0.3, 0.4) is 0 Å². The third kappa shape index (κ3) is 3.00. The van der Waals surface area contributed by atoms with Crippen LogP contribution in [0, 0.1) is 6.57 Å². The zero-order valence-electron chi connectivity index (χ0n) is 17.0. The summed E-state index contributed by atoms with van der Waals surface area (Å²) in [5.41, 5.74) is 7.55. The SMILES string of the molecule is [C-]#[N+]c1ccc(-c2cc3n(c2)Cc2cc(N4CCNCC4)ccc2-n2cnnc2-3)cc1. The van der Waals surface area contributed by atoms with E-state index in [-0.39, 0.29) is 0 Å². The van der Waals surface area contributed by atoms with Crippen LogP contribution in [0.5, 0.6) is 0 Å². The van der Waals surface area contributed by atoms with Gasteiger partial charge in [-0.05, 0) is 35.4 Å². The van der Waals surface area contributed by atoms with Crippen molar-refractivity contribution < 1.29 is 0 Å². The molecule has 2 aliphatic rings. The first-order valence-corrected chi connectivity index (χ1v) is 10.5. The molecule has 7 heteroatoms. The average molecular weight is 407 g/mol. The standard InChI is InChI=1S/C24H21N7/c1-25-20-4-2-17(3-5-20)18-13-23-24-28-27-16-31(24)22-7-6-21(29-10-8-26-9-11-29)12-19(22)15-30(23)14-18/h2-7,12-14,16,26H,8-11,15H2. The van der Waals surface area contributed by atoms with Gasteiger partial charge in [0.1, 0.15) is 6.33 Å². The molecule has 1 N–H and O–H groups in total. The van der Waals surface area contributed by atoms with Gasteiger partial charge in [0.05, 0.1) is 18.0 Å². The van der Waals surface area contributed by atoms with Crippen molar-refractivity contribution in [2.45, 2.75) is 6.54 Å². The quantitative estimate of drug-likeness (QED) is 0.453. The third-order valence-electron chi connectivity index (χ3n) is 6.15. The van der Waals surface area contributed by atoms with E-state index in [1.807, 2.05) is 24.3 Å². The number of hydrogen-bond donors (Lipinski definition) is 1. The molecule has 0 bridgehead atoms. The molecule has 0 unspecified atom stereocenters. The fourth-order valence-corrected chi connectivity index (χ4v) is 4.54. The monoisotopic (exact) mass is 407 g/mol. The fourth-order valence-electron chi connectivity index (χ4n) is 4.54. The molecule has 4 aromatic rings. The molecule has 6 rings (SSSR count). The highest BCUT2D eigenvalue weighted by Crippen LogP contribution is 2.35. The minimum absolute atomic E-state index is 0.652. The molecule has 0 saturated carbocycles. The van der Waals surface area contributed by atoms with Crippen LogP contribution in [0.2, 0.25) is 0 Å². The first-order chi connectivity index (χ1) is 15.3. The Morgan fingerprint density at radius 3 is 2.61 bits per heavy atom. The first kappa shape index (κ1) is 17.9. The second-order valence-corrected chi connectivity index (χ2v) is 7.98. The van der Waals surface area contributed by atoms with Crippen molar-refractivity contribution in [1.29, 1.82) is 0 Å². The molecule has 4 heterocycles. The van der Waals surface area contributed by atoms with Gasteiger partial charge < -0.3 is 14.8 Å². The lowest BCUT2D eigenvalue weighted by molar-refractivity contribution is 0.589. The zero-order valence-corrected chi connectivity index (χ0v) is 17.0. The maximum atomic E-state index is 7.17.